The van der Waals surface area contributed by atoms with Crippen molar-refractivity contribution >= 4 is 44.9 Å². The number of halogens is 2. The van der Waals surface area contributed by atoms with E-state index in [4.69, 9.17) is 11.6 Å². The highest BCUT2D eigenvalue weighted by atomic mass is 79.9. The molecule has 0 aliphatic rings. The van der Waals surface area contributed by atoms with Crippen LogP contribution in [-0.4, -0.2) is 21.5 Å². The van der Waals surface area contributed by atoms with Gasteiger partial charge in [0.05, 0.1) is 22.1 Å². The number of hydrogen-bond donors (Lipinski definition) is 1. The van der Waals surface area contributed by atoms with E-state index >= 15 is 0 Å². The third kappa shape index (κ3) is 4.03. The standard InChI is InChI=1S/C19H15BrClN3O2/c1-12-16(20)10-22-24(12)11-18(25)23-17-8-7-14(21)9-15(17)19(26)13-5-3-2-4-6-13/h2-10H,11H2,1H3,(H,23,25). The van der Waals surface area contributed by atoms with Gasteiger partial charge in [0.15, 0.2) is 5.78 Å². The molecule has 0 spiro atoms. The highest BCUT2D eigenvalue weighted by molar-refractivity contribution is 9.10. The molecule has 0 saturated carbocycles. The summed E-state index contributed by atoms with van der Waals surface area (Å²) >= 11 is 9.42. The Bertz CT molecular complexity index is 970. The quantitative estimate of drug-likeness (QED) is 0.605. The predicted molar refractivity (Wildman–Crippen MR) is 105 cm³/mol. The molecule has 5 nitrogen and oxygen atoms in total. The van der Waals surface area contributed by atoms with Gasteiger partial charge in [-0.3, -0.25) is 14.3 Å². The van der Waals surface area contributed by atoms with E-state index in [1.54, 1.807) is 53.3 Å². The number of aromatic nitrogens is 2. The number of hydrogen-bond acceptors (Lipinski definition) is 3. The summed E-state index contributed by atoms with van der Waals surface area (Å²) in [5.74, 6) is -0.491. The summed E-state index contributed by atoms with van der Waals surface area (Å²) in [6, 6.07) is 13.7. The lowest BCUT2D eigenvalue weighted by Gasteiger charge is -2.12. The van der Waals surface area contributed by atoms with Gasteiger partial charge in [-0.05, 0) is 41.1 Å². The van der Waals surface area contributed by atoms with Gasteiger partial charge in [-0.2, -0.15) is 5.10 Å². The van der Waals surface area contributed by atoms with Crippen LogP contribution >= 0.6 is 27.5 Å². The first kappa shape index (κ1) is 18.4. The largest absolute Gasteiger partial charge is 0.324 e. The number of nitrogens with one attached hydrogen (secondary N) is 1. The van der Waals surface area contributed by atoms with Gasteiger partial charge in [0.1, 0.15) is 6.54 Å². The summed E-state index contributed by atoms with van der Waals surface area (Å²) in [7, 11) is 0. The van der Waals surface area contributed by atoms with Crippen molar-refractivity contribution < 1.29 is 9.59 Å². The van der Waals surface area contributed by atoms with Crippen LogP contribution in [0.1, 0.15) is 21.6 Å². The number of carbonyl (C=O) groups is 2. The molecule has 0 fully saturated rings. The smallest absolute Gasteiger partial charge is 0.246 e. The van der Waals surface area contributed by atoms with E-state index in [2.05, 4.69) is 26.3 Å². The molecule has 3 rings (SSSR count). The fraction of sp³-hybridized carbons (Fsp3) is 0.105. The van der Waals surface area contributed by atoms with Crippen LogP contribution in [0.3, 0.4) is 0 Å². The van der Waals surface area contributed by atoms with Crippen LogP contribution in [0.2, 0.25) is 5.02 Å². The molecular weight excluding hydrogens is 418 g/mol. The van der Waals surface area contributed by atoms with E-state index in [1.807, 2.05) is 13.0 Å². The summed E-state index contributed by atoms with van der Waals surface area (Å²) in [6.07, 6.45) is 1.63. The Kier molecular flexibility index (Phi) is 5.54. The van der Waals surface area contributed by atoms with E-state index in [0.717, 1.165) is 10.2 Å². The molecule has 0 saturated heterocycles. The maximum absolute atomic E-state index is 12.8. The van der Waals surface area contributed by atoms with E-state index in [9.17, 15) is 9.59 Å². The highest BCUT2D eigenvalue weighted by Crippen LogP contribution is 2.24. The van der Waals surface area contributed by atoms with E-state index in [1.165, 1.54) is 0 Å². The molecule has 0 bridgehead atoms. The molecule has 0 atom stereocenters. The molecule has 0 unspecified atom stereocenters. The molecule has 1 heterocycles. The van der Waals surface area contributed by atoms with Crippen molar-refractivity contribution in [1.29, 1.82) is 0 Å². The fourth-order valence-electron chi connectivity index (χ4n) is 2.47. The molecule has 7 heteroatoms. The first-order chi connectivity index (χ1) is 12.5. The Morgan fingerprint density at radius 3 is 2.58 bits per heavy atom. The SMILES string of the molecule is Cc1c(Br)cnn1CC(=O)Nc1ccc(Cl)cc1C(=O)c1ccccc1. The Balaban J connectivity index is 1.85. The van der Waals surface area contributed by atoms with Crippen molar-refractivity contribution in [3.8, 4) is 0 Å². The average Bonchev–Trinajstić information content (AvgIpc) is 2.95. The topological polar surface area (TPSA) is 64.0 Å². The summed E-state index contributed by atoms with van der Waals surface area (Å²) in [4.78, 5) is 25.2. The summed E-state index contributed by atoms with van der Waals surface area (Å²) < 4.78 is 2.41. The minimum atomic E-state index is -0.284. The molecule has 132 valence electrons. The van der Waals surface area contributed by atoms with E-state index in [0.29, 0.717) is 21.8 Å². The van der Waals surface area contributed by atoms with Crippen molar-refractivity contribution in [2.45, 2.75) is 13.5 Å². The number of rotatable bonds is 5. The van der Waals surface area contributed by atoms with Crippen molar-refractivity contribution in [1.82, 2.24) is 9.78 Å². The number of amides is 1. The van der Waals surface area contributed by atoms with E-state index in [-0.39, 0.29) is 18.2 Å². The van der Waals surface area contributed by atoms with Crippen LogP contribution < -0.4 is 5.32 Å². The van der Waals surface area contributed by atoms with Crippen molar-refractivity contribution in [2.24, 2.45) is 0 Å². The molecule has 0 aliphatic heterocycles. The molecule has 3 aromatic rings. The summed E-state index contributed by atoms with van der Waals surface area (Å²) in [5.41, 5.74) is 2.13. The van der Waals surface area contributed by atoms with Gasteiger partial charge in [0.25, 0.3) is 0 Å². The van der Waals surface area contributed by atoms with Gasteiger partial charge in [-0.15, -0.1) is 0 Å². The van der Waals surface area contributed by atoms with Gasteiger partial charge in [0.2, 0.25) is 5.91 Å². The molecule has 0 aliphatic carbocycles. The Morgan fingerprint density at radius 2 is 1.92 bits per heavy atom. The Hall–Kier alpha value is -2.44. The lowest BCUT2D eigenvalue weighted by atomic mass is 10.0. The van der Waals surface area contributed by atoms with Crippen molar-refractivity contribution in [2.75, 3.05) is 5.32 Å². The van der Waals surface area contributed by atoms with Crippen molar-refractivity contribution in [3.63, 3.8) is 0 Å². The van der Waals surface area contributed by atoms with Crippen molar-refractivity contribution in [3.05, 3.63) is 81.0 Å². The van der Waals surface area contributed by atoms with Crippen LogP contribution in [0.4, 0.5) is 5.69 Å². The normalized spacial score (nSPS) is 10.6. The van der Waals surface area contributed by atoms with Crippen LogP contribution in [0.5, 0.6) is 0 Å². The van der Waals surface area contributed by atoms with Gasteiger partial charge >= 0.3 is 0 Å². The minimum absolute atomic E-state index is 0.0407. The summed E-state index contributed by atoms with van der Waals surface area (Å²) in [5, 5.41) is 7.34. The van der Waals surface area contributed by atoms with Gasteiger partial charge in [-0.1, -0.05) is 41.9 Å². The van der Waals surface area contributed by atoms with Crippen LogP contribution in [0.25, 0.3) is 0 Å². The molecule has 0 radical (unpaired) electrons. The van der Waals surface area contributed by atoms with Gasteiger partial charge in [-0.25, -0.2) is 0 Å². The minimum Gasteiger partial charge on any atom is -0.324 e. The second-order valence-electron chi connectivity index (χ2n) is 5.67. The summed E-state index contributed by atoms with van der Waals surface area (Å²) in [6.45, 7) is 1.90. The number of benzene rings is 2. The maximum atomic E-state index is 12.8. The number of ketones is 1. The average molecular weight is 433 g/mol. The molecule has 1 N–H and O–H groups in total. The monoisotopic (exact) mass is 431 g/mol. The van der Waals surface area contributed by atoms with Crippen LogP contribution in [0.15, 0.2) is 59.2 Å². The maximum Gasteiger partial charge on any atom is 0.246 e. The zero-order valence-electron chi connectivity index (χ0n) is 13.9. The highest BCUT2D eigenvalue weighted by Gasteiger charge is 2.17. The first-order valence-electron chi connectivity index (χ1n) is 7.83. The van der Waals surface area contributed by atoms with E-state index < -0.39 is 0 Å². The van der Waals surface area contributed by atoms with Crippen LogP contribution in [0, 0.1) is 6.92 Å². The lowest BCUT2D eigenvalue weighted by molar-refractivity contribution is -0.116. The molecule has 1 amide bonds. The second-order valence-corrected chi connectivity index (χ2v) is 6.96. The molecule has 1 aromatic heterocycles. The molecular formula is C19H15BrClN3O2. The number of carbonyl (C=O) groups excluding carboxylic acids is 2. The first-order valence-corrected chi connectivity index (χ1v) is 9.00. The second kappa shape index (κ2) is 7.85. The lowest BCUT2D eigenvalue weighted by Crippen LogP contribution is -2.21. The Labute approximate surface area is 164 Å². The third-order valence-electron chi connectivity index (χ3n) is 3.87. The zero-order chi connectivity index (χ0) is 18.7. The van der Waals surface area contributed by atoms with Gasteiger partial charge < -0.3 is 5.32 Å². The molecule has 2 aromatic carbocycles. The number of nitrogens with zero attached hydrogens (tertiary/aromatic N) is 2. The Morgan fingerprint density at radius 1 is 1.19 bits per heavy atom. The predicted octanol–water partition coefficient (Wildman–Crippen LogP) is 4.48. The molecule has 26 heavy (non-hydrogen) atoms. The number of anilines is 1. The zero-order valence-corrected chi connectivity index (χ0v) is 16.2. The van der Waals surface area contributed by atoms with Crippen LogP contribution in [-0.2, 0) is 11.3 Å². The fourth-order valence-corrected chi connectivity index (χ4v) is 2.94. The third-order valence-corrected chi connectivity index (χ3v) is 4.89. The van der Waals surface area contributed by atoms with Gasteiger partial charge in [0, 0.05) is 16.1 Å².